The van der Waals surface area contributed by atoms with Crippen molar-refractivity contribution >= 4 is 5.91 Å². The molecule has 3 aliphatic carbocycles. The second-order valence-electron chi connectivity index (χ2n) is 8.62. The fourth-order valence-electron chi connectivity index (χ4n) is 5.83. The highest BCUT2D eigenvalue weighted by Gasteiger charge is 2.41. The van der Waals surface area contributed by atoms with E-state index in [1.165, 1.54) is 51.5 Å². The molecule has 4 nitrogen and oxygen atoms in total. The largest absolute Gasteiger partial charge is 0.352 e. The highest BCUT2D eigenvalue weighted by atomic mass is 16.2. The van der Waals surface area contributed by atoms with Gasteiger partial charge in [-0.15, -0.1) is 0 Å². The van der Waals surface area contributed by atoms with E-state index in [4.69, 9.17) is 5.73 Å². The Hall–Kier alpha value is -0.610. The van der Waals surface area contributed by atoms with Crippen molar-refractivity contribution in [2.45, 2.75) is 82.3 Å². The summed E-state index contributed by atoms with van der Waals surface area (Å²) in [5.41, 5.74) is 6.36. The Morgan fingerprint density at radius 1 is 0.957 bits per heavy atom. The highest BCUT2D eigenvalue weighted by molar-refractivity contribution is 5.79. The lowest BCUT2D eigenvalue weighted by atomic mass is 9.65. The zero-order valence-electron chi connectivity index (χ0n) is 14.4. The normalized spacial score (nSPS) is 42.0. The highest BCUT2D eigenvalue weighted by Crippen LogP contribution is 2.42. The van der Waals surface area contributed by atoms with Gasteiger partial charge in [-0.05, 0) is 56.8 Å². The van der Waals surface area contributed by atoms with Gasteiger partial charge in [-0.3, -0.25) is 9.69 Å². The van der Waals surface area contributed by atoms with Crippen molar-refractivity contribution < 1.29 is 4.79 Å². The Morgan fingerprint density at radius 3 is 2.35 bits per heavy atom. The molecule has 0 aromatic rings. The quantitative estimate of drug-likeness (QED) is 0.839. The lowest BCUT2D eigenvalue weighted by Gasteiger charge is -2.43. The zero-order chi connectivity index (χ0) is 15.8. The number of hydrogen-bond donors (Lipinski definition) is 2. The van der Waals surface area contributed by atoms with Gasteiger partial charge in [0.15, 0.2) is 0 Å². The molecule has 1 heterocycles. The first kappa shape index (κ1) is 15.9. The van der Waals surface area contributed by atoms with Crippen molar-refractivity contribution in [2.24, 2.45) is 23.5 Å². The first-order chi connectivity index (χ1) is 11.2. The number of fused-ring (bicyclic) bond motifs is 2. The summed E-state index contributed by atoms with van der Waals surface area (Å²) in [5.74, 6) is 1.74. The molecule has 3 atom stereocenters. The van der Waals surface area contributed by atoms with E-state index in [9.17, 15) is 4.79 Å². The van der Waals surface area contributed by atoms with Crippen molar-refractivity contribution in [2.75, 3.05) is 13.1 Å². The van der Waals surface area contributed by atoms with E-state index < -0.39 is 0 Å². The lowest BCUT2D eigenvalue weighted by molar-refractivity contribution is -0.128. The van der Waals surface area contributed by atoms with Gasteiger partial charge in [0.2, 0.25) is 5.91 Å². The number of hydrogen-bond acceptors (Lipinski definition) is 3. The van der Waals surface area contributed by atoms with Crippen LogP contribution < -0.4 is 11.1 Å². The average molecular weight is 319 g/mol. The molecule has 4 fully saturated rings. The van der Waals surface area contributed by atoms with E-state index in [0.717, 1.165) is 31.8 Å². The van der Waals surface area contributed by atoms with Crippen LogP contribution in [0.3, 0.4) is 0 Å². The predicted molar refractivity (Wildman–Crippen MR) is 91.9 cm³/mol. The predicted octanol–water partition coefficient (Wildman–Crippen LogP) is 2.27. The molecule has 4 rings (SSSR count). The van der Waals surface area contributed by atoms with E-state index >= 15 is 0 Å². The number of rotatable bonds is 3. The molecule has 1 saturated heterocycles. The van der Waals surface area contributed by atoms with Crippen molar-refractivity contribution in [3.63, 3.8) is 0 Å². The monoisotopic (exact) mass is 319 g/mol. The zero-order valence-corrected chi connectivity index (χ0v) is 14.4. The summed E-state index contributed by atoms with van der Waals surface area (Å²) in [5, 5.41) is 3.38. The van der Waals surface area contributed by atoms with E-state index in [1.807, 2.05) is 0 Å². The molecule has 3 N–H and O–H groups in total. The molecule has 130 valence electrons. The van der Waals surface area contributed by atoms with Crippen molar-refractivity contribution in [1.82, 2.24) is 10.2 Å². The van der Waals surface area contributed by atoms with Crippen molar-refractivity contribution in [3.8, 4) is 0 Å². The molecule has 2 bridgehead atoms. The van der Waals surface area contributed by atoms with Crippen LogP contribution in [0.5, 0.6) is 0 Å². The fraction of sp³-hybridized carbons (Fsp3) is 0.947. The maximum absolute atomic E-state index is 12.7. The van der Waals surface area contributed by atoms with Crippen LogP contribution in [0.25, 0.3) is 0 Å². The molecular formula is C19H33N3O. The van der Waals surface area contributed by atoms with Crippen LogP contribution in [-0.2, 0) is 4.79 Å². The SMILES string of the molecule is NC1C2CCCC1CC(C(=O)NC1CCN(C3CCCC3)C1)C2. The number of nitrogens with zero attached hydrogens (tertiary/aromatic N) is 1. The van der Waals surface area contributed by atoms with Crippen LogP contribution in [0.2, 0.25) is 0 Å². The Labute approximate surface area is 140 Å². The maximum atomic E-state index is 12.7. The molecule has 4 aliphatic rings. The van der Waals surface area contributed by atoms with Gasteiger partial charge in [0.05, 0.1) is 0 Å². The second-order valence-corrected chi connectivity index (χ2v) is 8.62. The van der Waals surface area contributed by atoms with Gasteiger partial charge >= 0.3 is 0 Å². The number of nitrogens with one attached hydrogen (secondary N) is 1. The Kier molecular flexibility index (Phi) is 4.64. The van der Waals surface area contributed by atoms with Crippen LogP contribution in [0.15, 0.2) is 0 Å². The molecule has 23 heavy (non-hydrogen) atoms. The molecule has 0 radical (unpaired) electrons. The third-order valence-electron chi connectivity index (χ3n) is 7.19. The van der Waals surface area contributed by atoms with E-state index in [-0.39, 0.29) is 5.92 Å². The molecule has 3 saturated carbocycles. The van der Waals surface area contributed by atoms with Crippen LogP contribution >= 0.6 is 0 Å². The van der Waals surface area contributed by atoms with Gasteiger partial charge in [-0.2, -0.15) is 0 Å². The molecule has 0 aromatic heterocycles. The summed E-state index contributed by atoms with van der Waals surface area (Å²) in [6.07, 6.45) is 12.5. The van der Waals surface area contributed by atoms with Gasteiger partial charge in [-0.25, -0.2) is 0 Å². The maximum Gasteiger partial charge on any atom is 0.223 e. The summed E-state index contributed by atoms with van der Waals surface area (Å²) in [6.45, 7) is 2.26. The minimum atomic E-state index is 0.227. The standard InChI is InChI=1S/C19H33N3O/c20-18-13-4-3-5-14(18)11-15(10-13)19(23)21-16-8-9-22(12-16)17-6-1-2-7-17/h13-18H,1-12,20H2,(H,21,23). The van der Waals surface area contributed by atoms with Gasteiger partial charge in [0, 0.05) is 37.1 Å². The van der Waals surface area contributed by atoms with Crippen molar-refractivity contribution in [1.29, 1.82) is 0 Å². The average Bonchev–Trinajstić information content (AvgIpc) is 3.17. The number of nitrogens with two attached hydrogens (primary N) is 1. The molecule has 1 aliphatic heterocycles. The van der Waals surface area contributed by atoms with Gasteiger partial charge < -0.3 is 11.1 Å². The fourth-order valence-corrected chi connectivity index (χ4v) is 5.83. The van der Waals surface area contributed by atoms with Gasteiger partial charge in [0.1, 0.15) is 0 Å². The first-order valence-corrected chi connectivity index (χ1v) is 10.0. The van der Waals surface area contributed by atoms with Crippen LogP contribution in [0.4, 0.5) is 0 Å². The molecule has 1 amide bonds. The molecule has 4 heteroatoms. The smallest absolute Gasteiger partial charge is 0.223 e. The van der Waals surface area contributed by atoms with Crippen LogP contribution in [0, 0.1) is 17.8 Å². The summed E-state index contributed by atoms with van der Waals surface area (Å²) in [7, 11) is 0. The lowest BCUT2D eigenvalue weighted by Crippen LogP contribution is -2.50. The Balaban J connectivity index is 1.29. The number of carbonyl (C=O) groups is 1. The van der Waals surface area contributed by atoms with Crippen LogP contribution in [0.1, 0.15) is 64.2 Å². The third kappa shape index (κ3) is 3.30. The summed E-state index contributed by atoms with van der Waals surface area (Å²) < 4.78 is 0. The number of amides is 1. The number of carbonyl (C=O) groups excluding carboxylic acids is 1. The van der Waals surface area contributed by atoms with Crippen LogP contribution in [-0.4, -0.2) is 42.0 Å². The Morgan fingerprint density at radius 2 is 1.65 bits per heavy atom. The third-order valence-corrected chi connectivity index (χ3v) is 7.19. The first-order valence-electron chi connectivity index (χ1n) is 10.0. The topological polar surface area (TPSA) is 58.4 Å². The van der Waals surface area contributed by atoms with E-state index in [1.54, 1.807) is 0 Å². The molecular weight excluding hydrogens is 286 g/mol. The summed E-state index contributed by atoms with van der Waals surface area (Å²) in [4.78, 5) is 15.4. The Bertz CT molecular complexity index is 420. The molecule has 0 spiro atoms. The van der Waals surface area contributed by atoms with E-state index in [0.29, 0.717) is 29.8 Å². The minimum absolute atomic E-state index is 0.227. The van der Waals surface area contributed by atoms with E-state index in [2.05, 4.69) is 10.2 Å². The molecule has 0 aromatic carbocycles. The van der Waals surface area contributed by atoms with Gasteiger partial charge in [0.25, 0.3) is 0 Å². The minimum Gasteiger partial charge on any atom is -0.352 e. The summed E-state index contributed by atoms with van der Waals surface area (Å²) >= 11 is 0. The van der Waals surface area contributed by atoms with Crippen molar-refractivity contribution in [3.05, 3.63) is 0 Å². The molecule has 3 unspecified atom stereocenters. The number of likely N-dealkylation sites (tertiary alicyclic amines) is 1. The second kappa shape index (κ2) is 6.72. The van der Waals surface area contributed by atoms with Gasteiger partial charge in [-0.1, -0.05) is 19.3 Å². The summed E-state index contributed by atoms with van der Waals surface area (Å²) in [6, 6.07) is 1.54.